The van der Waals surface area contributed by atoms with Crippen molar-refractivity contribution in [3.63, 3.8) is 0 Å². The van der Waals surface area contributed by atoms with Gasteiger partial charge in [-0.25, -0.2) is 4.39 Å². The zero-order valence-electron chi connectivity index (χ0n) is 11.9. The van der Waals surface area contributed by atoms with Crippen molar-refractivity contribution < 1.29 is 9.13 Å². The summed E-state index contributed by atoms with van der Waals surface area (Å²) < 4.78 is 18.6. The van der Waals surface area contributed by atoms with Gasteiger partial charge in [-0.15, -0.1) is 0 Å². The van der Waals surface area contributed by atoms with E-state index in [1.54, 1.807) is 12.3 Å². The van der Waals surface area contributed by atoms with Crippen LogP contribution in [0.5, 0.6) is 5.75 Å². The smallest absolute Gasteiger partial charge is 0.165 e. The fourth-order valence-corrected chi connectivity index (χ4v) is 2.15. The lowest BCUT2D eigenvalue weighted by molar-refractivity contribution is 0.385. The molecular formula is C16H19FN2O. The van der Waals surface area contributed by atoms with Crippen LogP contribution in [0.1, 0.15) is 37.1 Å². The summed E-state index contributed by atoms with van der Waals surface area (Å²) in [5.41, 5.74) is 1.99. The number of rotatable bonds is 5. The number of hydrogen-bond donors (Lipinski definition) is 1. The third-order valence-electron chi connectivity index (χ3n) is 3.36. The molecule has 0 bridgehead atoms. The first kappa shape index (κ1) is 14.5. The molecule has 1 N–H and O–H groups in total. The number of nitrogens with one attached hydrogen (secondary N) is 1. The van der Waals surface area contributed by atoms with Gasteiger partial charge in [-0.2, -0.15) is 0 Å². The number of benzene rings is 1. The summed E-state index contributed by atoms with van der Waals surface area (Å²) in [5, 5.41) is 3.43. The Kier molecular flexibility index (Phi) is 4.69. The van der Waals surface area contributed by atoms with Gasteiger partial charge in [0.05, 0.1) is 7.11 Å². The molecule has 2 aromatic rings. The Morgan fingerprint density at radius 2 is 1.90 bits per heavy atom. The molecule has 0 aliphatic carbocycles. The van der Waals surface area contributed by atoms with Crippen LogP contribution in [-0.4, -0.2) is 12.1 Å². The summed E-state index contributed by atoms with van der Waals surface area (Å²) in [7, 11) is 1.46. The Balaban J connectivity index is 2.08. The third kappa shape index (κ3) is 3.33. The molecule has 1 aromatic carbocycles. The first-order valence-corrected chi connectivity index (χ1v) is 6.61. The highest BCUT2D eigenvalue weighted by atomic mass is 19.1. The molecule has 106 valence electrons. The molecule has 1 unspecified atom stereocenters. The van der Waals surface area contributed by atoms with Gasteiger partial charge in [0.15, 0.2) is 11.6 Å². The second-order valence-corrected chi connectivity index (χ2v) is 4.79. The predicted octanol–water partition coefficient (Wildman–Crippen LogP) is 3.64. The molecule has 3 nitrogen and oxygen atoms in total. The number of ether oxygens (including phenoxy) is 1. The second-order valence-electron chi connectivity index (χ2n) is 4.79. The van der Waals surface area contributed by atoms with E-state index in [0.717, 1.165) is 11.1 Å². The van der Waals surface area contributed by atoms with Crippen LogP contribution >= 0.6 is 0 Å². The quantitative estimate of drug-likeness (QED) is 0.903. The summed E-state index contributed by atoms with van der Waals surface area (Å²) >= 11 is 0. The van der Waals surface area contributed by atoms with Gasteiger partial charge in [-0.3, -0.25) is 4.98 Å². The zero-order valence-corrected chi connectivity index (χ0v) is 11.9. The van der Waals surface area contributed by atoms with E-state index in [-0.39, 0.29) is 23.7 Å². The van der Waals surface area contributed by atoms with Crippen molar-refractivity contribution >= 4 is 0 Å². The molecule has 0 saturated carbocycles. The van der Waals surface area contributed by atoms with Crippen LogP contribution in [0.15, 0.2) is 42.7 Å². The highest BCUT2D eigenvalue weighted by molar-refractivity contribution is 5.31. The van der Waals surface area contributed by atoms with Gasteiger partial charge in [0.2, 0.25) is 0 Å². The summed E-state index contributed by atoms with van der Waals surface area (Å²) in [6.45, 7) is 4.07. The lowest BCUT2D eigenvalue weighted by Gasteiger charge is -2.21. The standard InChI is InChI=1S/C16H19FN2O/c1-11(13-6-7-16(20-3)15(17)9-13)19-12(2)14-5-4-8-18-10-14/h4-12,19H,1-3H3/t11?,12-/m1/s1. The summed E-state index contributed by atoms with van der Waals surface area (Å²) in [4.78, 5) is 4.11. The number of methoxy groups -OCH3 is 1. The number of hydrogen-bond acceptors (Lipinski definition) is 3. The van der Waals surface area contributed by atoms with E-state index in [9.17, 15) is 4.39 Å². The van der Waals surface area contributed by atoms with E-state index in [0.29, 0.717) is 0 Å². The van der Waals surface area contributed by atoms with Crippen molar-refractivity contribution in [2.45, 2.75) is 25.9 Å². The van der Waals surface area contributed by atoms with Gasteiger partial charge in [0.1, 0.15) is 0 Å². The molecule has 2 rings (SSSR count). The number of halogens is 1. The van der Waals surface area contributed by atoms with Crippen LogP contribution in [0.2, 0.25) is 0 Å². The average Bonchev–Trinajstić information content (AvgIpc) is 2.48. The molecule has 0 aliphatic heterocycles. The lowest BCUT2D eigenvalue weighted by atomic mass is 10.0. The van der Waals surface area contributed by atoms with Gasteiger partial charge < -0.3 is 10.1 Å². The Morgan fingerprint density at radius 1 is 1.15 bits per heavy atom. The van der Waals surface area contributed by atoms with Crippen molar-refractivity contribution in [3.8, 4) is 5.75 Å². The van der Waals surface area contributed by atoms with Crippen LogP contribution in [0.4, 0.5) is 4.39 Å². The predicted molar refractivity (Wildman–Crippen MR) is 77.2 cm³/mol. The molecule has 0 amide bonds. The zero-order chi connectivity index (χ0) is 14.5. The van der Waals surface area contributed by atoms with Gasteiger partial charge in [0, 0.05) is 24.5 Å². The largest absolute Gasteiger partial charge is 0.494 e. The van der Waals surface area contributed by atoms with Gasteiger partial charge in [0.25, 0.3) is 0 Å². The lowest BCUT2D eigenvalue weighted by Crippen LogP contribution is -2.22. The summed E-state index contributed by atoms with van der Waals surface area (Å²) in [5.74, 6) is -0.0751. The van der Waals surface area contributed by atoms with Crippen LogP contribution in [0, 0.1) is 5.82 Å². The van der Waals surface area contributed by atoms with E-state index in [2.05, 4.69) is 17.2 Å². The van der Waals surface area contributed by atoms with Gasteiger partial charge in [-0.1, -0.05) is 12.1 Å². The minimum Gasteiger partial charge on any atom is -0.494 e. The van der Waals surface area contributed by atoms with Crippen LogP contribution in [0.25, 0.3) is 0 Å². The van der Waals surface area contributed by atoms with Crippen LogP contribution in [0.3, 0.4) is 0 Å². The maximum absolute atomic E-state index is 13.7. The molecule has 0 radical (unpaired) electrons. The Hall–Kier alpha value is -1.94. The number of pyridine rings is 1. The maximum Gasteiger partial charge on any atom is 0.165 e. The Bertz CT molecular complexity index is 560. The fourth-order valence-electron chi connectivity index (χ4n) is 2.15. The van der Waals surface area contributed by atoms with Gasteiger partial charge >= 0.3 is 0 Å². The molecule has 0 saturated heterocycles. The van der Waals surface area contributed by atoms with E-state index in [4.69, 9.17) is 4.74 Å². The normalized spacial score (nSPS) is 13.8. The van der Waals surface area contributed by atoms with E-state index >= 15 is 0 Å². The highest BCUT2D eigenvalue weighted by Crippen LogP contribution is 2.23. The first-order valence-electron chi connectivity index (χ1n) is 6.61. The SMILES string of the molecule is COc1ccc(C(C)N[C@H](C)c2cccnc2)cc1F. The molecule has 1 aromatic heterocycles. The highest BCUT2D eigenvalue weighted by Gasteiger charge is 2.13. The molecule has 4 heteroatoms. The van der Waals surface area contributed by atoms with E-state index in [1.165, 1.54) is 13.2 Å². The molecule has 2 atom stereocenters. The van der Waals surface area contributed by atoms with Gasteiger partial charge in [-0.05, 0) is 43.2 Å². The van der Waals surface area contributed by atoms with Crippen LogP contribution < -0.4 is 10.1 Å². The molecule has 0 aliphatic rings. The van der Waals surface area contributed by atoms with Crippen molar-refractivity contribution in [1.82, 2.24) is 10.3 Å². The number of nitrogens with zero attached hydrogens (tertiary/aromatic N) is 1. The molecule has 1 heterocycles. The molecule has 20 heavy (non-hydrogen) atoms. The van der Waals surface area contributed by atoms with Crippen molar-refractivity contribution in [2.75, 3.05) is 7.11 Å². The summed E-state index contributed by atoms with van der Waals surface area (Å²) in [6, 6.07) is 9.13. The molecular weight excluding hydrogens is 255 g/mol. The average molecular weight is 274 g/mol. The Morgan fingerprint density at radius 3 is 2.50 bits per heavy atom. The van der Waals surface area contributed by atoms with Crippen molar-refractivity contribution in [3.05, 3.63) is 59.7 Å². The van der Waals surface area contributed by atoms with E-state index < -0.39 is 0 Å². The first-order chi connectivity index (χ1) is 9.61. The molecule has 0 fully saturated rings. The topological polar surface area (TPSA) is 34.1 Å². The van der Waals surface area contributed by atoms with Crippen LogP contribution in [-0.2, 0) is 0 Å². The summed E-state index contributed by atoms with van der Waals surface area (Å²) in [6.07, 6.45) is 3.58. The third-order valence-corrected chi connectivity index (χ3v) is 3.36. The van der Waals surface area contributed by atoms with Crippen molar-refractivity contribution in [1.29, 1.82) is 0 Å². The fraction of sp³-hybridized carbons (Fsp3) is 0.312. The monoisotopic (exact) mass is 274 g/mol. The minimum atomic E-state index is -0.340. The maximum atomic E-state index is 13.7. The second kappa shape index (κ2) is 6.48. The minimum absolute atomic E-state index is 0.0330. The molecule has 0 spiro atoms. The Labute approximate surface area is 118 Å². The van der Waals surface area contributed by atoms with E-state index in [1.807, 2.05) is 31.3 Å². The number of aromatic nitrogens is 1. The van der Waals surface area contributed by atoms with Crippen molar-refractivity contribution in [2.24, 2.45) is 0 Å².